The Morgan fingerprint density at radius 1 is 1.04 bits per heavy atom. The lowest BCUT2D eigenvalue weighted by molar-refractivity contribution is -0.149. The summed E-state index contributed by atoms with van der Waals surface area (Å²) < 4.78 is 10.4. The third-order valence-corrected chi connectivity index (χ3v) is 3.40. The van der Waals surface area contributed by atoms with Crippen LogP contribution >= 0.6 is 11.6 Å². The first-order valence-electron chi connectivity index (χ1n) is 7.36. The summed E-state index contributed by atoms with van der Waals surface area (Å²) in [5, 5.41) is 3.23. The van der Waals surface area contributed by atoms with Gasteiger partial charge in [0.15, 0.2) is 13.2 Å². The van der Waals surface area contributed by atoms with Gasteiger partial charge in [0.1, 0.15) is 5.75 Å². The highest BCUT2D eigenvalue weighted by Crippen LogP contribution is 2.26. The largest absolute Gasteiger partial charge is 0.481 e. The number of anilines is 1. The van der Waals surface area contributed by atoms with Gasteiger partial charge in [-0.1, -0.05) is 29.8 Å². The molecular weight excluding hydrogens is 330 g/mol. The van der Waals surface area contributed by atoms with Crippen molar-refractivity contribution < 1.29 is 19.1 Å². The summed E-state index contributed by atoms with van der Waals surface area (Å²) in [4.78, 5) is 23.4. The molecule has 0 heterocycles. The molecular formula is C18H18ClNO4. The minimum atomic E-state index is -0.619. The fourth-order valence-electron chi connectivity index (χ4n) is 2.16. The zero-order valence-electron chi connectivity index (χ0n) is 13.5. The molecule has 0 aliphatic carbocycles. The van der Waals surface area contributed by atoms with E-state index in [4.69, 9.17) is 21.1 Å². The van der Waals surface area contributed by atoms with Gasteiger partial charge in [0.25, 0.3) is 5.91 Å². The highest BCUT2D eigenvalue weighted by Gasteiger charge is 2.11. The number of carbonyl (C=O) groups excluding carboxylic acids is 2. The third-order valence-electron chi connectivity index (χ3n) is 3.18. The maximum atomic E-state index is 11.7. The molecule has 24 heavy (non-hydrogen) atoms. The van der Waals surface area contributed by atoms with Crippen LogP contribution in [-0.2, 0) is 14.3 Å². The number of hydrogen-bond acceptors (Lipinski definition) is 4. The van der Waals surface area contributed by atoms with Crippen molar-refractivity contribution in [3.8, 4) is 5.75 Å². The maximum absolute atomic E-state index is 11.7. The Labute approximate surface area is 145 Å². The summed E-state index contributed by atoms with van der Waals surface area (Å²) in [5.41, 5.74) is 2.30. The Bertz CT molecular complexity index is 708. The summed E-state index contributed by atoms with van der Waals surface area (Å²) >= 11 is 5.94. The first-order chi connectivity index (χ1) is 11.5. The monoisotopic (exact) mass is 347 g/mol. The fourth-order valence-corrected chi connectivity index (χ4v) is 2.49. The van der Waals surface area contributed by atoms with Crippen LogP contribution in [0.5, 0.6) is 5.75 Å². The first kappa shape index (κ1) is 17.8. The Balaban J connectivity index is 1.79. The van der Waals surface area contributed by atoms with Crippen molar-refractivity contribution in [1.82, 2.24) is 0 Å². The minimum Gasteiger partial charge on any atom is -0.481 e. The standard InChI is InChI=1S/C18H18ClNO4/c1-12-8-14(19)9-13(2)18(12)24-11-17(22)23-10-16(21)20-15-6-4-3-5-7-15/h3-9H,10-11H2,1-2H3,(H,20,21). The van der Waals surface area contributed by atoms with Crippen LogP contribution in [0.2, 0.25) is 5.02 Å². The van der Waals surface area contributed by atoms with E-state index in [1.54, 1.807) is 36.4 Å². The molecule has 126 valence electrons. The molecule has 0 atom stereocenters. The maximum Gasteiger partial charge on any atom is 0.344 e. The zero-order chi connectivity index (χ0) is 17.5. The number of rotatable bonds is 6. The number of benzene rings is 2. The average Bonchev–Trinajstić information content (AvgIpc) is 2.53. The van der Waals surface area contributed by atoms with Crippen LogP contribution in [0.1, 0.15) is 11.1 Å². The number of esters is 1. The molecule has 0 aliphatic heterocycles. The smallest absolute Gasteiger partial charge is 0.344 e. The van der Waals surface area contributed by atoms with Gasteiger partial charge in [-0.05, 0) is 49.2 Å². The number of aryl methyl sites for hydroxylation is 2. The highest BCUT2D eigenvalue weighted by molar-refractivity contribution is 6.30. The van der Waals surface area contributed by atoms with Crippen molar-refractivity contribution in [2.75, 3.05) is 18.5 Å². The van der Waals surface area contributed by atoms with E-state index in [0.717, 1.165) is 11.1 Å². The quantitative estimate of drug-likeness (QED) is 0.812. The average molecular weight is 348 g/mol. The summed E-state index contributed by atoms with van der Waals surface area (Å²) in [6.07, 6.45) is 0. The van der Waals surface area contributed by atoms with E-state index >= 15 is 0 Å². The van der Waals surface area contributed by atoms with Gasteiger partial charge in [-0.2, -0.15) is 0 Å². The summed E-state index contributed by atoms with van der Waals surface area (Å²) in [5.74, 6) is -0.439. The van der Waals surface area contributed by atoms with Crippen molar-refractivity contribution in [1.29, 1.82) is 0 Å². The minimum absolute atomic E-state index is 0.276. The van der Waals surface area contributed by atoms with Crippen LogP contribution in [0.4, 0.5) is 5.69 Å². The number of amides is 1. The number of nitrogens with one attached hydrogen (secondary N) is 1. The van der Waals surface area contributed by atoms with E-state index in [2.05, 4.69) is 5.32 Å². The van der Waals surface area contributed by atoms with Crippen LogP contribution < -0.4 is 10.1 Å². The second-order valence-electron chi connectivity index (χ2n) is 5.23. The van der Waals surface area contributed by atoms with Crippen molar-refractivity contribution >= 4 is 29.2 Å². The summed E-state index contributed by atoms with van der Waals surface area (Å²) in [7, 11) is 0. The van der Waals surface area contributed by atoms with Gasteiger partial charge in [0, 0.05) is 10.7 Å². The lowest BCUT2D eigenvalue weighted by atomic mass is 10.1. The van der Waals surface area contributed by atoms with Crippen molar-refractivity contribution in [3.63, 3.8) is 0 Å². The Morgan fingerprint density at radius 3 is 2.29 bits per heavy atom. The predicted molar refractivity (Wildman–Crippen MR) is 92.5 cm³/mol. The molecule has 6 heteroatoms. The van der Waals surface area contributed by atoms with Gasteiger partial charge in [-0.25, -0.2) is 4.79 Å². The number of hydrogen-bond donors (Lipinski definition) is 1. The molecule has 1 N–H and O–H groups in total. The molecule has 0 saturated carbocycles. The van der Waals surface area contributed by atoms with E-state index in [0.29, 0.717) is 16.5 Å². The Hall–Kier alpha value is -2.53. The first-order valence-corrected chi connectivity index (χ1v) is 7.73. The van der Waals surface area contributed by atoms with Crippen molar-refractivity contribution in [2.24, 2.45) is 0 Å². The van der Waals surface area contributed by atoms with E-state index < -0.39 is 11.9 Å². The topological polar surface area (TPSA) is 64.6 Å². The predicted octanol–water partition coefficient (Wildman–Crippen LogP) is 3.52. The van der Waals surface area contributed by atoms with Gasteiger partial charge in [0.2, 0.25) is 0 Å². The number of para-hydroxylation sites is 1. The second-order valence-corrected chi connectivity index (χ2v) is 5.67. The van der Waals surface area contributed by atoms with Crippen LogP contribution in [0.3, 0.4) is 0 Å². The van der Waals surface area contributed by atoms with Crippen molar-refractivity contribution in [3.05, 3.63) is 58.6 Å². The Kier molecular flexibility index (Phi) is 6.21. The van der Waals surface area contributed by atoms with Crippen LogP contribution in [0, 0.1) is 13.8 Å². The molecule has 0 unspecified atom stereocenters. The second kappa shape index (κ2) is 8.36. The number of ether oxygens (including phenoxy) is 2. The molecule has 0 aliphatic rings. The van der Waals surface area contributed by atoms with Crippen LogP contribution in [0.15, 0.2) is 42.5 Å². The molecule has 1 amide bonds. The lowest BCUT2D eigenvalue weighted by Gasteiger charge is -2.12. The lowest BCUT2D eigenvalue weighted by Crippen LogP contribution is -2.23. The number of halogens is 1. The zero-order valence-corrected chi connectivity index (χ0v) is 14.2. The van der Waals surface area contributed by atoms with E-state index in [9.17, 15) is 9.59 Å². The van der Waals surface area contributed by atoms with E-state index in [-0.39, 0.29) is 13.2 Å². The Morgan fingerprint density at radius 2 is 1.67 bits per heavy atom. The van der Waals surface area contributed by atoms with Gasteiger partial charge in [-0.15, -0.1) is 0 Å². The third kappa shape index (κ3) is 5.28. The molecule has 0 bridgehead atoms. The molecule has 2 aromatic carbocycles. The van der Waals surface area contributed by atoms with Gasteiger partial charge < -0.3 is 14.8 Å². The van der Waals surface area contributed by atoms with Gasteiger partial charge >= 0.3 is 5.97 Å². The summed E-state index contributed by atoms with van der Waals surface area (Å²) in [6, 6.07) is 12.4. The van der Waals surface area contributed by atoms with Gasteiger partial charge in [0.05, 0.1) is 0 Å². The van der Waals surface area contributed by atoms with E-state index in [1.165, 1.54) is 0 Å². The molecule has 0 saturated heterocycles. The molecule has 5 nitrogen and oxygen atoms in total. The number of carbonyl (C=O) groups is 2. The molecule has 2 aromatic rings. The summed E-state index contributed by atoms with van der Waals surface area (Å²) in [6.45, 7) is 3.04. The molecule has 0 aromatic heterocycles. The SMILES string of the molecule is Cc1cc(Cl)cc(C)c1OCC(=O)OCC(=O)Nc1ccccc1. The van der Waals surface area contributed by atoms with Crippen LogP contribution in [0.25, 0.3) is 0 Å². The fraction of sp³-hybridized carbons (Fsp3) is 0.222. The molecule has 2 rings (SSSR count). The van der Waals surface area contributed by atoms with Crippen molar-refractivity contribution in [2.45, 2.75) is 13.8 Å². The van der Waals surface area contributed by atoms with Crippen LogP contribution in [-0.4, -0.2) is 25.1 Å². The normalized spacial score (nSPS) is 10.1. The van der Waals surface area contributed by atoms with Gasteiger partial charge in [-0.3, -0.25) is 4.79 Å². The highest BCUT2D eigenvalue weighted by atomic mass is 35.5. The molecule has 0 radical (unpaired) electrons. The molecule has 0 fully saturated rings. The molecule has 0 spiro atoms. The van der Waals surface area contributed by atoms with E-state index in [1.807, 2.05) is 19.9 Å².